The Labute approximate surface area is 181 Å². The molecule has 1 aliphatic heterocycles. The molecule has 3 rings (SSSR count). The zero-order chi connectivity index (χ0) is 22.5. The van der Waals surface area contributed by atoms with Crippen LogP contribution in [0.3, 0.4) is 0 Å². The number of non-ortho nitro benzene ring substituents is 1. The van der Waals surface area contributed by atoms with Crippen LogP contribution in [0, 0.1) is 10.1 Å². The molecule has 1 heterocycles. The number of amides is 1. The lowest BCUT2D eigenvalue weighted by atomic mass is 10.0. The SMILES string of the molecule is COC(=O)c1cc(C(=O)N2CCN(Cc3ccc(C(C)C)cc3)CC2)cc([N+](=O)[O-])c1. The van der Waals surface area contributed by atoms with Gasteiger partial charge in [0.25, 0.3) is 11.6 Å². The summed E-state index contributed by atoms with van der Waals surface area (Å²) in [7, 11) is 1.19. The average molecular weight is 425 g/mol. The molecule has 2 aromatic rings. The fourth-order valence-electron chi connectivity index (χ4n) is 3.63. The smallest absolute Gasteiger partial charge is 0.338 e. The number of carbonyl (C=O) groups is 2. The third kappa shape index (κ3) is 5.46. The molecule has 1 amide bonds. The molecule has 0 unspecified atom stereocenters. The minimum atomic E-state index is -0.717. The van der Waals surface area contributed by atoms with Crippen molar-refractivity contribution in [3.05, 3.63) is 74.8 Å². The Kier molecular flexibility index (Phi) is 7.02. The zero-order valence-electron chi connectivity index (χ0n) is 18.0. The molecule has 1 aliphatic rings. The highest BCUT2D eigenvalue weighted by molar-refractivity contribution is 5.99. The Hall–Kier alpha value is -3.26. The van der Waals surface area contributed by atoms with Gasteiger partial charge in [0.15, 0.2) is 0 Å². The second-order valence-electron chi connectivity index (χ2n) is 7.98. The summed E-state index contributed by atoms with van der Waals surface area (Å²) in [4.78, 5) is 39.3. The summed E-state index contributed by atoms with van der Waals surface area (Å²) in [5, 5.41) is 11.2. The van der Waals surface area contributed by atoms with Crippen LogP contribution in [0.25, 0.3) is 0 Å². The molecule has 0 saturated carbocycles. The highest BCUT2D eigenvalue weighted by Gasteiger charge is 2.25. The third-order valence-electron chi connectivity index (χ3n) is 5.51. The van der Waals surface area contributed by atoms with Gasteiger partial charge in [-0.3, -0.25) is 19.8 Å². The first-order chi connectivity index (χ1) is 14.8. The van der Waals surface area contributed by atoms with E-state index in [1.807, 2.05) is 0 Å². The summed E-state index contributed by atoms with van der Waals surface area (Å²) in [6.07, 6.45) is 0. The van der Waals surface area contributed by atoms with Gasteiger partial charge in [-0.05, 0) is 23.1 Å². The predicted molar refractivity (Wildman–Crippen MR) is 116 cm³/mol. The van der Waals surface area contributed by atoms with Crippen molar-refractivity contribution in [3.63, 3.8) is 0 Å². The maximum atomic E-state index is 12.9. The maximum Gasteiger partial charge on any atom is 0.338 e. The Morgan fingerprint density at radius 2 is 1.65 bits per heavy atom. The predicted octanol–water partition coefficient (Wildman–Crippen LogP) is 3.46. The van der Waals surface area contributed by atoms with Crippen molar-refractivity contribution in [2.75, 3.05) is 33.3 Å². The first kappa shape index (κ1) is 22.4. The number of hydrogen-bond donors (Lipinski definition) is 0. The standard InChI is InChI=1S/C23H27N3O5/c1-16(2)18-6-4-17(5-7-18)15-24-8-10-25(11-9-24)22(27)19-12-20(23(28)31-3)14-21(13-19)26(29)30/h4-7,12-14,16H,8-11,15H2,1-3H3. The molecule has 31 heavy (non-hydrogen) atoms. The van der Waals surface area contributed by atoms with E-state index in [0.29, 0.717) is 32.1 Å². The molecule has 164 valence electrons. The van der Waals surface area contributed by atoms with E-state index >= 15 is 0 Å². The molecule has 1 saturated heterocycles. The van der Waals surface area contributed by atoms with E-state index in [1.54, 1.807) is 4.90 Å². The third-order valence-corrected chi connectivity index (χ3v) is 5.51. The second-order valence-corrected chi connectivity index (χ2v) is 7.98. The molecule has 0 radical (unpaired) electrons. The van der Waals surface area contributed by atoms with Crippen LogP contribution >= 0.6 is 0 Å². The molecule has 0 aromatic heterocycles. The molecular weight excluding hydrogens is 398 g/mol. The van der Waals surface area contributed by atoms with Crippen molar-refractivity contribution in [1.29, 1.82) is 0 Å². The van der Waals surface area contributed by atoms with Gasteiger partial charge in [0, 0.05) is 50.4 Å². The monoisotopic (exact) mass is 425 g/mol. The minimum Gasteiger partial charge on any atom is -0.465 e. The number of nitro groups is 1. The van der Waals surface area contributed by atoms with E-state index in [0.717, 1.165) is 12.6 Å². The number of nitro benzene ring substituents is 1. The molecule has 0 bridgehead atoms. The van der Waals surface area contributed by atoms with Gasteiger partial charge >= 0.3 is 5.97 Å². The van der Waals surface area contributed by atoms with Crippen molar-refractivity contribution in [2.24, 2.45) is 0 Å². The van der Waals surface area contributed by atoms with Crippen LogP contribution in [-0.2, 0) is 11.3 Å². The van der Waals surface area contributed by atoms with Crippen LogP contribution < -0.4 is 0 Å². The molecule has 0 spiro atoms. The fourth-order valence-corrected chi connectivity index (χ4v) is 3.63. The molecule has 8 nitrogen and oxygen atoms in total. The molecule has 8 heteroatoms. The number of carbonyl (C=O) groups excluding carboxylic acids is 2. The minimum absolute atomic E-state index is 0.0106. The summed E-state index contributed by atoms with van der Waals surface area (Å²) in [6, 6.07) is 12.3. The largest absolute Gasteiger partial charge is 0.465 e. The Bertz CT molecular complexity index is 964. The van der Waals surface area contributed by atoms with Crippen LogP contribution in [0.4, 0.5) is 5.69 Å². The number of esters is 1. The maximum absolute atomic E-state index is 12.9. The summed E-state index contributed by atoms with van der Waals surface area (Å²) in [5.74, 6) is -0.544. The number of rotatable bonds is 6. The van der Waals surface area contributed by atoms with Gasteiger partial charge in [0.05, 0.1) is 17.6 Å². The lowest BCUT2D eigenvalue weighted by Crippen LogP contribution is -2.48. The molecular formula is C23H27N3O5. The highest BCUT2D eigenvalue weighted by atomic mass is 16.6. The Morgan fingerprint density at radius 3 is 2.19 bits per heavy atom. The van der Waals surface area contributed by atoms with Crippen molar-refractivity contribution in [1.82, 2.24) is 9.80 Å². The van der Waals surface area contributed by atoms with Crippen molar-refractivity contribution in [3.8, 4) is 0 Å². The first-order valence-electron chi connectivity index (χ1n) is 10.3. The molecule has 1 fully saturated rings. The highest BCUT2D eigenvalue weighted by Crippen LogP contribution is 2.21. The molecule has 0 atom stereocenters. The van der Waals surface area contributed by atoms with Crippen LogP contribution in [0.15, 0.2) is 42.5 Å². The second kappa shape index (κ2) is 9.70. The quantitative estimate of drug-likeness (QED) is 0.400. The molecule has 0 N–H and O–H groups in total. The fraction of sp³-hybridized carbons (Fsp3) is 0.391. The van der Waals surface area contributed by atoms with Gasteiger partial charge in [0.1, 0.15) is 0 Å². The van der Waals surface area contributed by atoms with E-state index in [9.17, 15) is 19.7 Å². The van der Waals surface area contributed by atoms with Crippen LogP contribution in [0.1, 0.15) is 51.6 Å². The summed E-state index contributed by atoms with van der Waals surface area (Å²) in [5.41, 5.74) is 2.33. The van der Waals surface area contributed by atoms with Gasteiger partial charge in [-0.1, -0.05) is 38.1 Å². The zero-order valence-corrected chi connectivity index (χ0v) is 18.0. The number of nitrogens with zero attached hydrogens (tertiary/aromatic N) is 3. The summed E-state index contributed by atoms with van der Waals surface area (Å²) >= 11 is 0. The number of methoxy groups -OCH3 is 1. The normalized spacial score (nSPS) is 14.5. The number of piperazine rings is 1. The van der Waals surface area contributed by atoms with Gasteiger partial charge in [-0.2, -0.15) is 0 Å². The number of benzene rings is 2. The van der Waals surface area contributed by atoms with E-state index in [1.165, 1.54) is 30.4 Å². The van der Waals surface area contributed by atoms with E-state index in [-0.39, 0.29) is 22.7 Å². The van der Waals surface area contributed by atoms with Crippen molar-refractivity contribution in [2.45, 2.75) is 26.3 Å². The summed E-state index contributed by atoms with van der Waals surface area (Å²) in [6.45, 7) is 7.58. The number of ether oxygens (including phenoxy) is 1. The van der Waals surface area contributed by atoms with E-state index < -0.39 is 10.9 Å². The van der Waals surface area contributed by atoms with Crippen LogP contribution in [0.5, 0.6) is 0 Å². The van der Waals surface area contributed by atoms with E-state index in [2.05, 4.69) is 47.7 Å². The number of hydrogen-bond acceptors (Lipinski definition) is 6. The molecule has 2 aromatic carbocycles. The van der Waals surface area contributed by atoms with Gasteiger partial charge < -0.3 is 9.64 Å². The summed E-state index contributed by atoms with van der Waals surface area (Å²) < 4.78 is 4.65. The molecule has 0 aliphatic carbocycles. The van der Waals surface area contributed by atoms with Crippen LogP contribution in [-0.4, -0.2) is 59.9 Å². The van der Waals surface area contributed by atoms with Gasteiger partial charge in [-0.15, -0.1) is 0 Å². The van der Waals surface area contributed by atoms with Crippen molar-refractivity contribution >= 4 is 17.6 Å². The van der Waals surface area contributed by atoms with Gasteiger partial charge in [-0.25, -0.2) is 4.79 Å². The lowest BCUT2D eigenvalue weighted by molar-refractivity contribution is -0.384. The Balaban J connectivity index is 1.65. The lowest BCUT2D eigenvalue weighted by Gasteiger charge is -2.34. The van der Waals surface area contributed by atoms with E-state index in [4.69, 9.17) is 0 Å². The van der Waals surface area contributed by atoms with Gasteiger partial charge in [0.2, 0.25) is 0 Å². The first-order valence-corrected chi connectivity index (χ1v) is 10.3. The van der Waals surface area contributed by atoms with Crippen LogP contribution in [0.2, 0.25) is 0 Å². The Morgan fingerprint density at radius 1 is 1.03 bits per heavy atom. The van der Waals surface area contributed by atoms with Crippen molar-refractivity contribution < 1.29 is 19.2 Å². The topological polar surface area (TPSA) is 93.0 Å². The average Bonchev–Trinajstić information content (AvgIpc) is 2.78.